The summed E-state index contributed by atoms with van der Waals surface area (Å²) in [7, 11) is 0. The zero-order chi connectivity index (χ0) is 26.1. The van der Waals surface area contributed by atoms with Gasteiger partial charge in [-0.15, -0.1) is 0 Å². The summed E-state index contributed by atoms with van der Waals surface area (Å²) in [5, 5.41) is 2.66. The third kappa shape index (κ3) is 4.61. The first-order valence-corrected chi connectivity index (χ1v) is 13.9. The molecule has 0 atom stereocenters. The van der Waals surface area contributed by atoms with Gasteiger partial charge in [0, 0.05) is 66.6 Å². The van der Waals surface area contributed by atoms with Crippen LogP contribution >= 0.6 is 0 Å². The predicted molar refractivity (Wildman–Crippen MR) is 158 cm³/mol. The quantitative estimate of drug-likeness (QED) is 0.251. The van der Waals surface area contributed by atoms with Gasteiger partial charge >= 0.3 is 0 Å². The van der Waals surface area contributed by atoms with E-state index in [4.69, 9.17) is 0 Å². The molecule has 0 saturated carbocycles. The van der Waals surface area contributed by atoms with E-state index in [9.17, 15) is 4.79 Å². The Hall–Kier alpha value is -3.89. The summed E-state index contributed by atoms with van der Waals surface area (Å²) in [5.74, 6) is 0.131. The average Bonchev–Trinajstić information content (AvgIpc) is 3.30. The van der Waals surface area contributed by atoms with Gasteiger partial charge in [-0.3, -0.25) is 9.69 Å². The largest absolute Gasteiger partial charge is 0.341 e. The lowest BCUT2D eigenvalue weighted by Gasteiger charge is -2.34. The number of hydrogen-bond acceptors (Lipinski definition) is 2. The average molecular weight is 502 g/mol. The molecule has 0 N–H and O–H groups in total. The standard InChI is InChI=1S/C34H35N3O/c1-3-25-9-12-27(13-10-25)28-14-16-29(17-15-28)34(38)36-21-19-35(20-22-36)24-26-11-18-33-31(23-26)30-7-5-6-8-32(30)37(33)4-2/h5-18,23H,3-4,19-22,24H2,1-2H3. The highest BCUT2D eigenvalue weighted by atomic mass is 16.2. The van der Waals surface area contributed by atoms with Crippen molar-refractivity contribution in [1.29, 1.82) is 0 Å². The molecule has 4 heteroatoms. The van der Waals surface area contributed by atoms with Crippen LogP contribution in [0, 0.1) is 0 Å². The van der Waals surface area contributed by atoms with Crippen LogP contribution in [-0.2, 0) is 19.5 Å². The van der Waals surface area contributed by atoms with Crippen molar-refractivity contribution in [2.45, 2.75) is 33.4 Å². The molecule has 0 unspecified atom stereocenters. The van der Waals surface area contributed by atoms with Crippen molar-refractivity contribution in [3.05, 3.63) is 108 Å². The van der Waals surface area contributed by atoms with E-state index in [1.54, 1.807) is 0 Å². The fourth-order valence-corrected chi connectivity index (χ4v) is 5.83. The summed E-state index contributed by atoms with van der Waals surface area (Å²) in [6.45, 7) is 9.56. The molecule has 1 fully saturated rings. The number of nitrogens with zero attached hydrogens (tertiary/aromatic N) is 3. The number of para-hydroxylation sites is 1. The molecule has 1 amide bonds. The van der Waals surface area contributed by atoms with Crippen molar-refractivity contribution < 1.29 is 4.79 Å². The van der Waals surface area contributed by atoms with Crippen LogP contribution in [0.1, 0.15) is 35.3 Å². The summed E-state index contributed by atoms with van der Waals surface area (Å²) in [6, 6.07) is 32.3. The molecule has 1 aromatic heterocycles. The first kappa shape index (κ1) is 24.4. The minimum absolute atomic E-state index is 0.131. The van der Waals surface area contributed by atoms with Crippen molar-refractivity contribution in [3.8, 4) is 11.1 Å². The predicted octanol–water partition coefficient (Wildman–Crippen LogP) is 7.00. The molecule has 192 valence electrons. The Morgan fingerprint density at radius 3 is 2.00 bits per heavy atom. The molecule has 2 heterocycles. The minimum Gasteiger partial charge on any atom is -0.341 e. The highest BCUT2D eigenvalue weighted by molar-refractivity contribution is 6.08. The van der Waals surface area contributed by atoms with Crippen molar-refractivity contribution in [2.75, 3.05) is 26.2 Å². The molecular weight excluding hydrogens is 466 g/mol. The second-order valence-electron chi connectivity index (χ2n) is 10.3. The number of aryl methyl sites for hydroxylation is 2. The lowest BCUT2D eigenvalue weighted by molar-refractivity contribution is 0.0628. The smallest absolute Gasteiger partial charge is 0.253 e. The molecule has 1 aliphatic heterocycles. The Morgan fingerprint density at radius 1 is 0.684 bits per heavy atom. The Morgan fingerprint density at radius 2 is 1.32 bits per heavy atom. The van der Waals surface area contributed by atoms with Crippen LogP contribution in [0.3, 0.4) is 0 Å². The van der Waals surface area contributed by atoms with Crippen LogP contribution in [0.15, 0.2) is 91.0 Å². The number of hydrogen-bond donors (Lipinski definition) is 0. The Kier molecular flexibility index (Phi) is 6.73. The Labute approximate surface area is 225 Å². The molecule has 6 rings (SSSR count). The van der Waals surface area contributed by atoms with Gasteiger partial charge in [0.2, 0.25) is 0 Å². The number of rotatable bonds is 6. The van der Waals surface area contributed by atoms with Crippen LogP contribution in [0.25, 0.3) is 32.9 Å². The fourth-order valence-electron chi connectivity index (χ4n) is 5.83. The van der Waals surface area contributed by atoms with Crippen LogP contribution in [-0.4, -0.2) is 46.5 Å². The van der Waals surface area contributed by atoms with Crippen molar-refractivity contribution in [2.24, 2.45) is 0 Å². The monoisotopic (exact) mass is 501 g/mol. The lowest BCUT2D eigenvalue weighted by Crippen LogP contribution is -2.48. The van der Waals surface area contributed by atoms with Gasteiger partial charge in [0.1, 0.15) is 0 Å². The number of aromatic nitrogens is 1. The maximum atomic E-state index is 13.2. The normalized spacial score (nSPS) is 14.4. The molecule has 1 aliphatic rings. The van der Waals surface area contributed by atoms with E-state index >= 15 is 0 Å². The first-order chi connectivity index (χ1) is 18.6. The summed E-state index contributed by atoms with van der Waals surface area (Å²) in [4.78, 5) is 17.7. The number of carbonyl (C=O) groups is 1. The third-order valence-corrected chi connectivity index (χ3v) is 8.05. The zero-order valence-electron chi connectivity index (χ0n) is 22.4. The van der Waals surface area contributed by atoms with Crippen molar-refractivity contribution in [3.63, 3.8) is 0 Å². The number of benzene rings is 4. The van der Waals surface area contributed by atoms with Crippen LogP contribution in [0.4, 0.5) is 0 Å². The van der Waals surface area contributed by atoms with Crippen molar-refractivity contribution in [1.82, 2.24) is 14.4 Å². The summed E-state index contributed by atoms with van der Waals surface area (Å²) < 4.78 is 2.40. The van der Waals surface area contributed by atoms with Crippen LogP contribution < -0.4 is 0 Å². The zero-order valence-corrected chi connectivity index (χ0v) is 22.4. The third-order valence-electron chi connectivity index (χ3n) is 8.05. The highest BCUT2D eigenvalue weighted by Crippen LogP contribution is 2.30. The number of carbonyl (C=O) groups excluding carboxylic acids is 1. The van der Waals surface area contributed by atoms with E-state index in [2.05, 4.69) is 102 Å². The van der Waals surface area contributed by atoms with E-state index in [1.165, 1.54) is 38.5 Å². The van der Waals surface area contributed by atoms with Gasteiger partial charge in [0.25, 0.3) is 5.91 Å². The Bertz CT molecular complexity index is 1570. The van der Waals surface area contributed by atoms with E-state index < -0.39 is 0 Å². The van der Waals surface area contributed by atoms with Crippen molar-refractivity contribution >= 4 is 27.7 Å². The lowest BCUT2D eigenvalue weighted by atomic mass is 10.0. The molecular formula is C34H35N3O. The maximum absolute atomic E-state index is 13.2. The number of fused-ring (bicyclic) bond motifs is 3. The summed E-state index contributed by atoms with van der Waals surface area (Å²) >= 11 is 0. The van der Waals surface area contributed by atoms with E-state index in [-0.39, 0.29) is 5.91 Å². The first-order valence-electron chi connectivity index (χ1n) is 13.9. The Balaban J connectivity index is 1.10. The van der Waals surface area contributed by atoms with Gasteiger partial charge in [-0.2, -0.15) is 0 Å². The van der Waals surface area contributed by atoms with E-state index in [0.29, 0.717) is 0 Å². The molecule has 38 heavy (non-hydrogen) atoms. The minimum atomic E-state index is 0.131. The molecule has 5 aromatic rings. The van der Waals surface area contributed by atoms with Gasteiger partial charge in [-0.1, -0.05) is 67.6 Å². The molecule has 0 spiro atoms. The number of amides is 1. The SMILES string of the molecule is CCc1ccc(-c2ccc(C(=O)N3CCN(Cc4ccc5c(c4)c4ccccc4n5CC)CC3)cc2)cc1. The van der Waals surface area contributed by atoms with Gasteiger partial charge in [0.05, 0.1) is 0 Å². The highest BCUT2D eigenvalue weighted by Gasteiger charge is 2.22. The van der Waals surface area contributed by atoms with Crippen LogP contribution in [0.5, 0.6) is 0 Å². The van der Waals surface area contributed by atoms with Crippen LogP contribution in [0.2, 0.25) is 0 Å². The fraction of sp³-hybridized carbons (Fsp3) is 0.265. The van der Waals surface area contributed by atoms with Gasteiger partial charge in [-0.05, 0) is 65.9 Å². The van der Waals surface area contributed by atoms with Gasteiger partial charge in [-0.25, -0.2) is 0 Å². The molecule has 4 nitrogen and oxygen atoms in total. The van der Waals surface area contributed by atoms with E-state index in [0.717, 1.165) is 56.8 Å². The second kappa shape index (κ2) is 10.5. The second-order valence-corrected chi connectivity index (χ2v) is 10.3. The summed E-state index contributed by atoms with van der Waals surface area (Å²) in [5.41, 5.74) is 8.38. The van der Waals surface area contributed by atoms with Gasteiger partial charge in [0.15, 0.2) is 0 Å². The van der Waals surface area contributed by atoms with Gasteiger partial charge < -0.3 is 9.47 Å². The molecule has 0 bridgehead atoms. The molecule has 0 radical (unpaired) electrons. The maximum Gasteiger partial charge on any atom is 0.253 e. The molecule has 1 saturated heterocycles. The van der Waals surface area contributed by atoms with E-state index in [1.807, 2.05) is 17.0 Å². The molecule has 4 aromatic carbocycles. The number of piperazine rings is 1. The summed E-state index contributed by atoms with van der Waals surface area (Å²) in [6.07, 6.45) is 1.04. The molecule has 0 aliphatic carbocycles. The topological polar surface area (TPSA) is 28.5 Å².